The molecule has 0 saturated carbocycles. The van der Waals surface area contributed by atoms with E-state index in [9.17, 15) is 14.7 Å². The quantitative estimate of drug-likeness (QED) is 0.820. The van der Waals surface area contributed by atoms with Crippen molar-refractivity contribution in [2.45, 2.75) is 32.4 Å². The number of aliphatic hydroxyl groups is 1. The number of halogens is 1. The number of rotatable bonds is 5. The SMILES string of the molecule is CC(C)C[C@@H]1NC(=O)N(C[C@H](O)c2ccc(Cl)cc2)C1=O. The van der Waals surface area contributed by atoms with Gasteiger partial charge in [-0.25, -0.2) is 4.79 Å². The maximum Gasteiger partial charge on any atom is 0.324 e. The Morgan fingerprint density at radius 2 is 1.90 bits per heavy atom. The normalized spacial score (nSPS) is 20.0. The summed E-state index contributed by atoms with van der Waals surface area (Å²) in [5.41, 5.74) is 0.618. The first-order valence-electron chi connectivity index (χ1n) is 6.94. The second kappa shape index (κ2) is 6.45. The average Bonchev–Trinajstić information content (AvgIpc) is 2.66. The van der Waals surface area contributed by atoms with Crippen molar-refractivity contribution in [1.82, 2.24) is 10.2 Å². The Hall–Kier alpha value is -1.59. The number of aliphatic hydroxyl groups excluding tert-OH is 1. The molecule has 0 bridgehead atoms. The number of β-amino-alcohol motifs (C(OH)–C–C–N with tert-alkyl or cyclic N) is 1. The number of urea groups is 1. The first kappa shape index (κ1) is 15.8. The van der Waals surface area contributed by atoms with Gasteiger partial charge in [0.2, 0.25) is 0 Å². The lowest BCUT2D eigenvalue weighted by Gasteiger charge is -2.18. The number of hydrogen-bond donors (Lipinski definition) is 2. The molecule has 1 saturated heterocycles. The molecule has 1 aliphatic rings. The minimum Gasteiger partial charge on any atom is -0.387 e. The fourth-order valence-corrected chi connectivity index (χ4v) is 2.47. The summed E-state index contributed by atoms with van der Waals surface area (Å²) in [4.78, 5) is 25.1. The van der Waals surface area contributed by atoms with Crippen molar-refractivity contribution < 1.29 is 14.7 Å². The Morgan fingerprint density at radius 1 is 1.29 bits per heavy atom. The van der Waals surface area contributed by atoms with Crippen LogP contribution in [0.25, 0.3) is 0 Å². The van der Waals surface area contributed by atoms with Crippen molar-refractivity contribution in [2.75, 3.05) is 6.54 Å². The lowest BCUT2D eigenvalue weighted by atomic mass is 10.0. The summed E-state index contributed by atoms with van der Waals surface area (Å²) in [7, 11) is 0. The van der Waals surface area contributed by atoms with Crippen molar-refractivity contribution in [2.24, 2.45) is 5.92 Å². The molecule has 1 aliphatic heterocycles. The van der Waals surface area contributed by atoms with Crippen LogP contribution in [0.15, 0.2) is 24.3 Å². The molecule has 5 nitrogen and oxygen atoms in total. The molecule has 1 aromatic rings. The van der Waals surface area contributed by atoms with Gasteiger partial charge in [-0.3, -0.25) is 9.69 Å². The van der Waals surface area contributed by atoms with Crippen LogP contribution in [0, 0.1) is 5.92 Å². The summed E-state index contributed by atoms with van der Waals surface area (Å²) in [6, 6.07) is 5.74. The molecule has 21 heavy (non-hydrogen) atoms. The number of carbonyl (C=O) groups is 2. The highest BCUT2D eigenvalue weighted by atomic mass is 35.5. The number of nitrogens with one attached hydrogen (secondary N) is 1. The molecule has 0 spiro atoms. The van der Waals surface area contributed by atoms with Crippen molar-refractivity contribution in [3.8, 4) is 0 Å². The zero-order valence-electron chi connectivity index (χ0n) is 12.0. The van der Waals surface area contributed by atoms with Crippen molar-refractivity contribution in [3.63, 3.8) is 0 Å². The summed E-state index contributed by atoms with van der Waals surface area (Å²) in [6.45, 7) is 3.93. The fraction of sp³-hybridized carbons (Fsp3) is 0.467. The highest BCUT2D eigenvalue weighted by Gasteiger charge is 2.38. The van der Waals surface area contributed by atoms with Gasteiger partial charge in [0, 0.05) is 5.02 Å². The standard InChI is InChI=1S/C15H19ClN2O3/c1-9(2)7-12-14(20)18(15(21)17-12)8-13(19)10-3-5-11(16)6-4-10/h3-6,9,12-13,19H,7-8H2,1-2H3,(H,17,21)/t12-,13-/m0/s1. The summed E-state index contributed by atoms with van der Waals surface area (Å²) < 4.78 is 0. The second-order valence-electron chi connectivity index (χ2n) is 5.65. The van der Waals surface area contributed by atoms with E-state index >= 15 is 0 Å². The maximum absolute atomic E-state index is 12.2. The monoisotopic (exact) mass is 310 g/mol. The number of hydrogen-bond acceptors (Lipinski definition) is 3. The molecule has 1 heterocycles. The number of amides is 3. The first-order chi connectivity index (χ1) is 9.88. The molecular formula is C15H19ClN2O3. The van der Waals surface area contributed by atoms with E-state index in [0.717, 1.165) is 4.90 Å². The Kier molecular flexibility index (Phi) is 4.85. The van der Waals surface area contributed by atoms with Crippen LogP contribution >= 0.6 is 11.6 Å². The Balaban J connectivity index is 2.03. The Morgan fingerprint density at radius 3 is 2.48 bits per heavy atom. The van der Waals surface area contributed by atoms with Crippen LogP contribution in [-0.4, -0.2) is 34.5 Å². The summed E-state index contributed by atoms with van der Waals surface area (Å²) >= 11 is 5.79. The lowest BCUT2D eigenvalue weighted by molar-refractivity contribution is -0.128. The van der Waals surface area contributed by atoms with Gasteiger partial charge >= 0.3 is 6.03 Å². The third kappa shape index (κ3) is 3.74. The van der Waals surface area contributed by atoms with E-state index < -0.39 is 18.2 Å². The van der Waals surface area contributed by atoms with Gasteiger partial charge in [0.25, 0.3) is 5.91 Å². The van der Waals surface area contributed by atoms with Crippen molar-refractivity contribution in [1.29, 1.82) is 0 Å². The lowest BCUT2D eigenvalue weighted by Crippen LogP contribution is -2.35. The summed E-state index contributed by atoms with van der Waals surface area (Å²) in [6.07, 6.45) is -0.326. The topological polar surface area (TPSA) is 69.6 Å². The van der Waals surface area contributed by atoms with Gasteiger partial charge in [0.05, 0.1) is 12.6 Å². The number of nitrogens with zero attached hydrogens (tertiary/aromatic N) is 1. The van der Waals surface area contributed by atoms with Crippen molar-refractivity contribution >= 4 is 23.5 Å². The van der Waals surface area contributed by atoms with E-state index in [2.05, 4.69) is 5.32 Å². The number of benzene rings is 1. The van der Waals surface area contributed by atoms with Crippen molar-refractivity contribution in [3.05, 3.63) is 34.9 Å². The zero-order valence-corrected chi connectivity index (χ0v) is 12.8. The van der Waals surface area contributed by atoms with E-state index in [4.69, 9.17) is 11.6 Å². The highest BCUT2D eigenvalue weighted by molar-refractivity contribution is 6.30. The molecule has 0 aromatic heterocycles. The molecule has 2 atom stereocenters. The summed E-state index contributed by atoms with van der Waals surface area (Å²) in [5, 5.41) is 13.4. The van der Waals surface area contributed by atoms with E-state index in [1.54, 1.807) is 24.3 Å². The molecule has 1 fully saturated rings. The molecule has 3 amide bonds. The van der Waals surface area contributed by atoms with Crippen LogP contribution in [0.4, 0.5) is 4.79 Å². The molecular weight excluding hydrogens is 292 g/mol. The second-order valence-corrected chi connectivity index (χ2v) is 6.08. The van der Waals surface area contributed by atoms with Gasteiger partial charge < -0.3 is 10.4 Å². The molecule has 2 rings (SSSR count). The average molecular weight is 311 g/mol. The smallest absolute Gasteiger partial charge is 0.324 e. The van der Waals surface area contributed by atoms with Crippen LogP contribution in [0.3, 0.4) is 0 Å². The van der Waals surface area contributed by atoms with Crippen LogP contribution in [0.1, 0.15) is 31.9 Å². The van der Waals surface area contributed by atoms with Gasteiger partial charge in [0.1, 0.15) is 6.04 Å². The molecule has 0 radical (unpaired) electrons. The fourth-order valence-electron chi connectivity index (χ4n) is 2.34. The van der Waals surface area contributed by atoms with E-state index in [1.165, 1.54) is 0 Å². The van der Waals surface area contributed by atoms with Crippen LogP contribution in [0.5, 0.6) is 0 Å². The van der Waals surface area contributed by atoms with E-state index in [1.807, 2.05) is 13.8 Å². The predicted molar refractivity (Wildman–Crippen MR) is 79.9 cm³/mol. The molecule has 6 heteroatoms. The van der Waals surface area contributed by atoms with Crippen LogP contribution in [0.2, 0.25) is 5.02 Å². The van der Waals surface area contributed by atoms with E-state index in [0.29, 0.717) is 22.9 Å². The predicted octanol–water partition coefficient (Wildman–Crippen LogP) is 2.34. The number of carbonyl (C=O) groups excluding carboxylic acids is 2. The molecule has 2 N–H and O–H groups in total. The molecule has 114 valence electrons. The van der Waals surface area contributed by atoms with Gasteiger partial charge in [-0.15, -0.1) is 0 Å². The van der Waals surface area contributed by atoms with E-state index in [-0.39, 0.29) is 12.5 Å². The third-order valence-corrected chi connectivity index (χ3v) is 3.68. The Bertz CT molecular complexity index is 530. The minimum atomic E-state index is -0.922. The Labute approximate surface area is 128 Å². The number of imide groups is 1. The largest absolute Gasteiger partial charge is 0.387 e. The van der Waals surface area contributed by atoms with Gasteiger partial charge in [-0.2, -0.15) is 0 Å². The highest BCUT2D eigenvalue weighted by Crippen LogP contribution is 2.20. The third-order valence-electron chi connectivity index (χ3n) is 3.42. The summed E-state index contributed by atoms with van der Waals surface area (Å²) in [5.74, 6) is 0.0297. The first-order valence-corrected chi connectivity index (χ1v) is 7.31. The van der Waals surface area contributed by atoms with Crippen LogP contribution < -0.4 is 5.32 Å². The zero-order chi connectivity index (χ0) is 15.6. The molecule has 1 aromatic carbocycles. The molecule has 0 aliphatic carbocycles. The van der Waals surface area contributed by atoms with Gasteiger partial charge in [0.15, 0.2) is 0 Å². The maximum atomic E-state index is 12.2. The van der Waals surface area contributed by atoms with Crippen LogP contribution in [-0.2, 0) is 4.79 Å². The van der Waals surface area contributed by atoms with Gasteiger partial charge in [-0.1, -0.05) is 37.6 Å². The molecule has 0 unspecified atom stereocenters. The van der Waals surface area contributed by atoms with Gasteiger partial charge in [-0.05, 0) is 30.0 Å². The minimum absolute atomic E-state index is 0.0547.